The molecule has 0 bridgehead atoms. The molecular formula is C6H19KNO5P. The van der Waals surface area contributed by atoms with Gasteiger partial charge < -0.3 is 26.7 Å². The molecule has 0 rings (SSSR count). The minimum Gasteiger partial charge on any atom is -0.379 e. The van der Waals surface area contributed by atoms with E-state index >= 15 is 0 Å². The zero-order valence-electron chi connectivity index (χ0n) is 9.38. The van der Waals surface area contributed by atoms with Crippen LogP contribution < -0.4 is 51.4 Å². The number of hydrogen-bond acceptors (Lipinski definition) is 3. The third-order valence-corrected chi connectivity index (χ3v) is 0.747. The Morgan fingerprint density at radius 1 is 1.21 bits per heavy atom. The van der Waals surface area contributed by atoms with Gasteiger partial charge in [-0.3, -0.25) is 4.90 Å². The summed E-state index contributed by atoms with van der Waals surface area (Å²) in [5.74, 6) is 0. The molecule has 0 radical (unpaired) electrons. The van der Waals surface area contributed by atoms with E-state index in [0.29, 0.717) is 0 Å². The van der Waals surface area contributed by atoms with Crippen LogP contribution in [-0.4, -0.2) is 45.0 Å². The van der Waals surface area contributed by atoms with E-state index in [4.69, 9.17) is 24.4 Å². The van der Waals surface area contributed by atoms with Crippen LogP contribution in [0.1, 0.15) is 13.8 Å². The van der Waals surface area contributed by atoms with E-state index in [0.717, 1.165) is 0 Å². The SMILES string of the molecule is CC(O)N(C)C.O=P(O)(O)O.[CH2-]C.[K+]. The summed E-state index contributed by atoms with van der Waals surface area (Å²) < 4.78 is 8.88. The summed E-state index contributed by atoms with van der Waals surface area (Å²) >= 11 is 0. The molecule has 0 aliphatic rings. The van der Waals surface area contributed by atoms with Crippen LogP contribution in [0.2, 0.25) is 0 Å². The second-order valence-corrected chi connectivity index (χ2v) is 3.14. The van der Waals surface area contributed by atoms with Gasteiger partial charge in [-0.15, -0.1) is 0 Å². The maximum absolute atomic E-state index is 8.88. The van der Waals surface area contributed by atoms with Crippen LogP contribution in [-0.2, 0) is 4.57 Å². The first-order valence-corrected chi connectivity index (χ1v) is 5.04. The topological polar surface area (TPSA) is 101 Å². The van der Waals surface area contributed by atoms with Crippen LogP contribution in [0, 0.1) is 6.92 Å². The summed E-state index contributed by atoms with van der Waals surface area (Å²) in [6.45, 7) is 6.72. The molecule has 14 heavy (non-hydrogen) atoms. The third kappa shape index (κ3) is 68.3. The first-order valence-electron chi connectivity index (χ1n) is 3.48. The zero-order chi connectivity index (χ0) is 11.7. The van der Waals surface area contributed by atoms with Crippen molar-refractivity contribution in [1.29, 1.82) is 0 Å². The van der Waals surface area contributed by atoms with Crippen LogP contribution in [0.3, 0.4) is 0 Å². The smallest absolute Gasteiger partial charge is 0.379 e. The van der Waals surface area contributed by atoms with Crippen LogP contribution >= 0.6 is 7.82 Å². The molecule has 4 N–H and O–H groups in total. The van der Waals surface area contributed by atoms with Gasteiger partial charge in [0.05, 0.1) is 0 Å². The summed E-state index contributed by atoms with van der Waals surface area (Å²) in [7, 11) is -0.991. The second kappa shape index (κ2) is 14.7. The fourth-order valence-corrected chi connectivity index (χ4v) is 0. The maximum atomic E-state index is 8.88. The number of aliphatic hydroxyl groups is 1. The summed E-state index contributed by atoms with van der Waals surface area (Å²) in [6, 6.07) is 0. The minimum atomic E-state index is -4.64. The van der Waals surface area contributed by atoms with Gasteiger partial charge in [-0.05, 0) is 21.0 Å². The Bertz CT molecular complexity index is 124. The molecule has 0 aromatic rings. The summed E-state index contributed by atoms with van der Waals surface area (Å²) in [4.78, 5) is 23.3. The molecule has 0 aliphatic heterocycles. The first-order chi connectivity index (χ1) is 5.64. The normalized spacial score (nSPS) is 11.3. The predicted molar refractivity (Wildman–Crippen MR) is 50.7 cm³/mol. The van der Waals surface area contributed by atoms with Crippen LogP contribution in [0.5, 0.6) is 0 Å². The molecule has 0 saturated carbocycles. The molecule has 0 saturated heterocycles. The second-order valence-electron chi connectivity index (χ2n) is 2.11. The number of hydrogen-bond donors (Lipinski definition) is 4. The number of phosphoric acid groups is 1. The Kier molecular flexibility index (Phi) is 25.9. The molecule has 1 unspecified atom stereocenters. The van der Waals surface area contributed by atoms with Crippen molar-refractivity contribution in [2.24, 2.45) is 0 Å². The van der Waals surface area contributed by atoms with Gasteiger partial charge >= 0.3 is 59.2 Å². The van der Waals surface area contributed by atoms with Crippen molar-refractivity contribution in [2.45, 2.75) is 20.1 Å². The van der Waals surface area contributed by atoms with E-state index in [1.165, 1.54) is 0 Å². The quantitative estimate of drug-likeness (QED) is 0.170. The molecule has 0 fully saturated rings. The van der Waals surface area contributed by atoms with E-state index in [9.17, 15) is 0 Å². The fraction of sp³-hybridized carbons (Fsp3) is 0.833. The molecule has 0 aromatic heterocycles. The zero-order valence-corrected chi connectivity index (χ0v) is 13.4. The molecule has 0 spiro atoms. The van der Waals surface area contributed by atoms with Gasteiger partial charge in [0, 0.05) is 0 Å². The van der Waals surface area contributed by atoms with Gasteiger partial charge in [0.1, 0.15) is 6.23 Å². The molecule has 0 aromatic carbocycles. The van der Waals surface area contributed by atoms with E-state index in [1.807, 2.05) is 14.1 Å². The Hall–Kier alpha value is 1.67. The number of rotatable bonds is 1. The van der Waals surface area contributed by atoms with Crippen molar-refractivity contribution in [1.82, 2.24) is 4.90 Å². The van der Waals surface area contributed by atoms with Crippen molar-refractivity contribution >= 4 is 7.82 Å². The molecule has 84 valence electrons. The van der Waals surface area contributed by atoms with Crippen molar-refractivity contribution in [2.75, 3.05) is 14.1 Å². The fourth-order valence-electron chi connectivity index (χ4n) is 0. The third-order valence-electron chi connectivity index (χ3n) is 0.747. The van der Waals surface area contributed by atoms with Gasteiger partial charge in [0.2, 0.25) is 0 Å². The Morgan fingerprint density at radius 2 is 1.29 bits per heavy atom. The maximum Gasteiger partial charge on any atom is 1.00 e. The van der Waals surface area contributed by atoms with Gasteiger partial charge in [0.15, 0.2) is 0 Å². The summed E-state index contributed by atoms with van der Waals surface area (Å²) in [5, 5.41) is 8.56. The number of aliphatic hydroxyl groups excluding tert-OH is 1. The van der Waals surface area contributed by atoms with Gasteiger partial charge in [-0.1, -0.05) is 0 Å². The van der Waals surface area contributed by atoms with Crippen LogP contribution in [0.4, 0.5) is 0 Å². The molecule has 6 nitrogen and oxygen atoms in total. The van der Waals surface area contributed by atoms with E-state index in [1.54, 1.807) is 18.7 Å². The minimum absolute atomic E-state index is 0. The van der Waals surface area contributed by atoms with E-state index in [-0.39, 0.29) is 57.6 Å². The molecule has 0 heterocycles. The molecule has 0 amide bonds. The molecule has 8 heteroatoms. The van der Waals surface area contributed by atoms with E-state index in [2.05, 4.69) is 6.92 Å². The molecule has 0 aliphatic carbocycles. The summed E-state index contributed by atoms with van der Waals surface area (Å²) in [6.07, 6.45) is -0.315. The molecule has 1 atom stereocenters. The van der Waals surface area contributed by atoms with Crippen molar-refractivity contribution < 1.29 is 75.7 Å². The Labute approximate surface area is 128 Å². The average molecular weight is 255 g/mol. The Morgan fingerprint density at radius 3 is 1.29 bits per heavy atom. The van der Waals surface area contributed by atoms with Gasteiger partial charge in [-0.2, -0.15) is 6.92 Å². The standard InChI is InChI=1S/C4H11NO.C2H5.K.H3O4P/c1-4(6)5(2)3;1-2;;1-5(2,3)4/h4,6H,1-3H3;1H2,2H3;;(H3,1,2,3,4)/q;-1;+1;. The van der Waals surface area contributed by atoms with E-state index < -0.39 is 7.82 Å². The Balaban J connectivity index is -0.0000000576. The first kappa shape index (κ1) is 24.8. The number of nitrogens with zero attached hydrogens (tertiary/aromatic N) is 1. The van der Waals surface area contributed by atoms with Gasteiger partial charge in [0.25, 0.3) is 0 Å². The monoisotopic (exact) mass is 255 g/mol. The average Bonchev–Trinajstić information content (AvgIpc) is 1.88. The van der Waals surface area contributed by atoms with Crippen LogP contribution in [0.25, 0.3) is 0 Å². The van der Waals surface area contributed by atoms with Crippen molar-refractivity contribution in [3.8, 4) is 0 Å². The van der Waals surface area contributed by atoms with Gasteiger partial charge in [-0.25, -0.2) is 4.57 Å². The summed E-state index contributed by atoms with van der Waals surface area (Å²) in [5.41, 5.74) is 0. The molecular weight excluding hydrogens is 236 g/mol. The largest absolute Gasteiger partial charge is 1.00 e. The van der Waals surface area contributed by atoms with Crippen molar-refractivity contribution in [3.63, 3.8) is 0 Å². The predicted octanol–water partition coefficient (Wildman–Crippen LogP) is -3.20. The van der Waals surface area contributed by atoms with Crippen LogP contribution in [0.15, 0.2) is 0 Å². The van der Waals surface area contributed by atoms with Crippen molar-refractivity contribution in [3.05, 3.63) is 6.92 Å².